The monoisotopic (exact) mass is 267 g/mol. The number of nitrogens with two attached hydrogens (primary N) is 1. The number of hydrazone groups is 1. The lowest BCUT2D eigenvalue weighted by Crippen LogP contribution is -2.25. The van der Waals surface area contributed by atoms with E-state index >= 15 is 0 Å². The maximum Gasteiger partial charge on any atom is 0.184 e. The molecule has 0 atom stereocenters. The minimum Gasteiger partial charge on any atom is -0.508 e. The first-order chi connectivity index (χ1) is 8.52. The maximum atomic E-state index is 9.35. The van der Waals surface area contributed by atoms with Gasteiger partial charge in [0.15, 0.2) is 5.11 Å². The molecule has 1 aromatic carbocycles. The van der Waals surface area contributed by atoms with E-state index in [1.165, 1.54) is 0 Å². The number of methoxy groups -OCH3 is 1. The van der Waals surface area contributed by atoms with Crippen LogP contribution in [0.2, 0.25) is 0 Å². The van der Waals surface area contributed by atoms with Crippen molar-refractivity contribution < 1.29 is 9.84 Å². The van der Waals surface area contributed by atoms with Gasteiger partial charge in [0.05, 0.1) is 7.11 Å². The lowest BCUT2D eigenvalue weighted by molar-refractivity contribution is 0.403. The molecule has 0 amide bonds. The second kappa shape index (κ2) is 6.80. The highest BCUT2D eigenvalue weighted by Crippen LogP contribution is 2.24. The van der Waals surface area contributed by atoms with E-state index in [1.54, 1.807) is 19.2 Å². The Bertz CT molecular complexity index is 461. The van der Waals surface area contributed by atoms with Crippen molar-refractivity contribution in [3.8, 4) is 11.5 Å². The molecule has 0 bridgehead atoms. The standard InChI is InChI=1S/C12H17N3O2S/c1-8(14-15-12(13)18)3-4-9-5-6-10(16)7-11(9)17-2/h5-7,16H,3-4H2,1-2H3,(H3,13,15,18)/b14-8-. The van der Waals surface area contributed by atoms with Crippen molar-refractivity contribution in [2.24, 2.45) is 10.8 Å². The van der Waals surface area contributed by atoms with Crippen molar-refractivity contribution in [2.45, 2.75) is 19.8 Å². The first kappa shape index (κ1) is 14.2. The van der Waals surface area contributed by atoms with Crippen molar-refractivity contribution in [3.05, 3.63) is 23.8 Å². The van der Waals surface area contributed by atoms with E-state index in [9.17, 15) is 5.11 Å². The molecule has 0 spiro atoms. The molecule has 0 heterocycles. The normalized spacial score (nSPS) is 11.1. The van der Waals surface area contributed by atoms with Crippen molar-refractivity contribution >= 4 is 23.0 Å². The third-order valence-electron chi connectivity index (χ3n) is 2.38. The smallest absolute Gasteiger partial charge is 0.184 e. The molecule has 1 aromatic rings. The number of hydrogen-bond donors (Lipinski definition) is 3. The summed E-state index contributed by atoms with van der Waals surface area (Å²) in [4.78, 5) is 0. The van der Waals surface area contributed by atoms with Crippen LogP contribution in [0, 0.1) is 0 Å². The molecule has 6 heteroatoms. The lowest BCUT2D eigenvalue weighted by Gasteiger charge is -2.08. The molecule has 0 aliphatic carbocycles. The third kappa shape index (κ3) is 4.58. The fraction of sp³-hybridized carbons (Fsp3) is 0.333. The fourth-order valence-electron chi connectivity index (χ4n) is 1.46. The number of benzene rings is 1. The predicted molar refractivity (Wildman–Crippen MR) is 76.0 cm³/mol. The van der Waals surface area contributed by atoms with Gasteiger partial charge in [-0.05, 0) is 43.6 Å². The summed E-state index contributed by atoms with van der Waals surface area (Å²) in [6, 6.07) is 5.06. The molecule has 4 N–H and O–H groups in total. The van der Waals surface area contributed by atoms with Crippen molar-refractivity contribution in [1.82, 2.24) is 5.43 Å². The van der Waals surface area contributed by atoms with Gasteiger partial charge < -0.3 is 15.6 Å². The Kier molecular flexibility index (Phi) is 5.38. The van der Waals surface area contributed by atoms with Crippen LogP contribution in [0.15, 0.2) is 23.3 Å². The van der Waals surface area contributed by atoms with Gasteiger partial charge in [-0.15, -0.1) is 0 Å². The third-order valence-corrected chi connectivity index (χ3v) is 2.48. The fourth-order valence-corrected chi connectivity index (χ4v) is 1.51. The summed E-state index contributed by atoms with van der Waals surface area (Å²) in [5, 5.41) is 13.5. The van der Waals surface area contributed by atoms with Gasteiger partial charge in [-0.3, -0.25) is 5.43 Å². The minimum atomic E-state index is 0.150. The Morgan fingerprint density at radius 2 is 2.28 bits per heavy atom. The molecular formula is C12H17N3O2S. The molecule has 98 valence electrons. The van der Waals surface area contributed by atoms with Crippen LogP contribution >= 0.6 is 12.2 Å². The highest BCUT2D eigenvalue weighted by atomic mass is 32.1. The zero-order valence-electron chi connectivity index (χ0n) is 10.4. The largest absolute Gasteiger partial charge is 0.508 e. The van der Waals surface area contributed by atoms with Crippen LogP contribution in [0.25, 0.3) is 0 Å². The molecular weight excluding hydrogens is 250 g/mol. The molecule has 5 nitrogen and oxygen atoms in total. The number of hydrogen-bond acceptors (Lipinski definition) is 4. The van der Waals surface area contributed by atoms with Crippen LogP contribution < -0.4 is 15.9 Å². The summed E-state index contributed by atoms with van der Waals surface area (Å²) < 4.78 is 5.20. The molecule has 0 radical (unpaired) electrons. The van der Waals surface area contributed by atoms with Crippen molar-refractivity contribution in [1.29, 1.82) is 0 Å². The Hall–Kier alpha value is -1.82. The van der Waals surface area contributed by atoms with E-state index in [-0.39, 0.29) is 10.9 Å². The van der Waals surface area contributed by atoms with Gasteiger partial charge in [0, 0.05) is 11.8 Å². The van der Waals surface area contributed by atoms with E-state index in [1.807, 2.05) is 13.0 Å². The van der Waals surface area contributed by atoms with Gasteiger partial charge in [-0.25, -0.2) is 0 Å². The number of nitrogens with one attached hydrogen (secondary N) is 1. The van der Waals surface area contributed by atoms with Crippen LogP contribution in [-0.2, 0) is 6.42 Å². The quantitative estimate of drug-likeness (QED) is 0.428. The maximum absolute atomic E-state index is 9.35. The summed E-state index contributed by atoms with van der Waals surface area (Å²) in [5.74, 6) is 0.862. The molecule has 0 aromatic heterocycles. The number of phenolic OH excluding ortho intramolecular Hbond substituents is 1. The number of nitrogens with zero attached hydrogens (tertiary/aromatic N) is 1. The summed E-state index contributed by atoms with van der Waals surface area (Å²) in [7, 11) is 1.58. The average Bonchev–Trinajstić information content (AvgIpc) is 2.34. The van der Waals surface area contributed by atoms with Crippen LogP contribution in [-0.4, -0.2) is 23.0 Å². The molecule has 0 aliphatic rings. The first-order valence-electron chi connectivity index (χ1n) is 5.47. The van der Waals surface area contributed by atoms with Crippen molar-refractivity contribution in [2.75, 3.05) is 7.11 Å². The second-order valence-corrected chi connectivity index (χ2v) is 4.26. The summed E-state index contributed by atoms with van der Waals surface area (Å²) in [6.07, 6.45) is 1.51. The SMILES string of the molecule is COc1cc(O)ccc1CC/C(C)=N\NC(N)=S. The van der Waals surface area contributed by atoms with Gasteiger partial charge in [-0.2, -0.15) is 5.10 Å². The Morgan fingerprint density at radius 1 is 1.56 bits per heavy atom. The van der Waals surface area contributed by atoms with Gasteiger partial charge in [0.2, 0.25) is 0 Å². The molecule has 0 fully saturated rings. The highest BCUT2D eigenvalue weighted by Gasteiger charge is 2.04. The van der Waals surface area contributed by atoms with Gasteiger partial charge in [0.25, 0.3) is 0 Å². The van der Waals surface area contributed by atoms with Crippen LogP contribution in [0.3, 0.4) is 0 Å². The molecule has 0 aliphatic heterocycles. The average molecular weight is 267 g/mol. The number of phenols is 1. The number of aromatic hydroxyl groups is 1. The van der Waals surface area contributed by atoms with E-state index in [0.29, 0.717) is 5.75 Å². The van der Waals surface area contributed by atoms with Crippen LogP contribution in [0.1, 0.15) is 18.9 Å². The van der Waals surface area contributed by atoms with E-state index < -0.39 is 0 Å². The summed E-state index contributed by atoms with van der Waals surface area (Å²) >= 11 is 4.66. The molecule has 0 unspecified atom stereocenters. The topological polar surface area (TPSA) is 79.9 Å². The summed E-state index contributed by atoms with van der Waals surface area (Å²) in [6.45, 7) is 1.89. The zero-order chi connectivity index (χ0) is 13.5. The molecule has 0 saturated heterocycles. The zero-order valence-corrected chi connectivity index (χ0v) is 11.3. The number of aryl methyl sites for hydroxylation is 1. The number of ether oxygens (including phenoxy) is 1. The molecule has 0 saturated carbocycles. The number of thiocarbonyl (C=S) groups is 1. The minimum absolute atomic E-state index is 0.150. The number of rotatable bonds is 5. The molecule has 18 heavy (non-hydrogen) atoms. The summed E-state index contributed by atoms with van der Waals surface area (Å²) in [5.41, 5.74) is 9.72. The second-order valence-electron chi connectivity index (χ2n) is 3.82. The Labute approximate surface area is 112 Å². The predicted octanol–water partition coefficient (Wildman–Crippen LogP) is 1.54. The van der Waals surface area contributed by atoms with Gasteiger partial charge in [-0.1, -0.05) is 6.07 Å². The van der Waals surface area contributed by atoms with Crippen molar-refractivity contribution in [3.63, 3.8) is 0 Å². The van der Waals surface area contributed by atoms with E-state index in [4.69, 9.17) is 10.5 Å². The Morgan fingerprint density at radius 3 is 2.89 bits per heavy atom. The highest BCUT2D eigenvalue weighted by molar-refractivity contribution is 7.80. The van der Waals surface area contributed by atoms with E-state index in [0.717, 1.165) is 24.1 Å². The Balaban J connectivity index is 2.63. The van der Waals surface area contributed by atoms with Gasteiger partial charge >= 0.3 is 0 Å². The van der Waals surface area contributed by atoms with Gasteiger partial charge in [0.1, 0.15) is 11.5 Å². The first-order valence-corrected chi connectivity index (χ1v) is 5.88. The van der Waals surface area contributed by atoms with E-state index in [2.05, 4.69) is 22.7 Å². The van der Waals surface area contributed by atoms with Crippen LogP contribution in [0.5, 0.6) is 11.5 Å². The lowest BCUT2D eigenvalue weighted by atomic mass is 10.1. The molecule has 1 rings (SSSR count). The van der Waals surface area contributed by atoms with Crippen LogP contribution in [0.4, 0.5) is 0 Å².